The molecule has 0 fully saturated rings. The fourth-order valence-electron chi connectivity index (χ4n) is 3.56. The Morgan fingerprint density at radius 3 is 2.03 bits per heavy atom. The number of nitrogens with two attached hydrogens (primary N) is 1. The van der Waals surface area contributed by atoms with Gasteiger partial charge in [-0.1, -0.05) is 6.07 Å². The van der Waals surface area contributed by atoms with Gasteiger partial charge in [0.15, 0.2) is 0 Å². The molecule has 0 radical (unpaired) electrons. The van der Waals surface area contributed by atoms with Gasteiger partial charge in [0.05, 0.1) is 12.8 Å². The molecule has 11 nitrogen and oxygen atoms in total. The molecular formula is C25H27N7O4. The molecule has 0 aliphatic heterocycles. The van der Waals surface area contributed by atoms with Crippen LogP contribution in [-0.4, -0.2) is 47.7 Å². The number of carbonyl (C=O) groups is 4. The second-order valence-electron chi connectivity index (χ2n) is 7.86. The number of carbonyl (C=O) groups excluding carboxylic acids is 4. The lowest BCUT2D eigenvalue weighted by Crippen LogP contribution is -2.28. The van der Waals surface area contributed by atoms with Gasteiger partial charge in [-0.05, 0) is 53.9 Å². The van der Waals surface area contributed by atoms with Crippen LogP contribution in [0.25, 0.3) is 0 Å². The van der Waals surface area contributed by atoms with Crippen molar-refractivity contribution in [3.63, 3.8) is 0 Å². The number of rotatable bonds is 9. The molecule has 3 rings (SSSR count). The molecule has 0 saturated heterocycles. The van der Waals surface area contributed by atoms with Crippen LogP contribution in [0.2, 0.25) is 0 Å². The molecular weight excluding hydrogens is 462 g/mol. The van der Waals surface area contributed by atoms with Crippen LogP contribution in [0.4, 0.5) is 17.3 Å². The SMILES string of the molecule is CNC(=O)Cc1c(C(N)=O)ccc(C(=O)Nc2ccc(C)c(Nc3ncccn3)c2)c1CC(=O)NC. The van der Waals surface area contributed by atoms with Gasteiger partial charge in [-0.2, -0.15) is 0 Å². The molecule has 186 valence electrons. The molecule has 36 heavy (non-hydrogen) atoms. The van der Waals surface area contributed by atoms with E-state index < -0.39 is 23.6 Å². The van der Waals surface area contributed by atoms with Gasteiger partial charge in [0.2, 0.25) is 23.7 Å². The van der Waals surface area contributed by atoms with Gasteiger partial charge in [-0.15, -0.1) is 0 Å². The second kappa shape index (κ2) is 11.6. The third-order valence-corrected chi connectivity index (χ3v) is 5.48. The molecule has 1 heterocycles. The van der Waals surface area contributed by atoms with Crippen LogP contribution >= 0.6 is 0 Å². The monoisotopic (exact) mass is 489 g/mol. The van der Waals surface area contributed by atoms with Crippen molar-refractivity contribution in [1.29, 1.82) is 0 Å². The van der Waals surface area contributed by atoms with E-state index in [1.807, 2.05) is 13.0 Å². The summed E-state index contributed by atoms with van der Waals surface area (Å²) in [6, 6.07) is 9.79. The number of aryl methyl sites for hydroxylation is 1. The standard InChI is InChI=1S/C25H27N7O4/c1-14-5-6-15(11-20(14)32-25-29-9-4-10-30-25)31-24(36)17-8-7-16(23(26)35)18(12-21(33)27-2)19(17)13-22(34)28-3/h4-11H,12-13H2,1-3H3,(H2,26,35)(H,27,33)(H,28,34)(H,31,36)(H,29,30,32). The maximum absolute atomic E-state index is 13.3. The maximum Gasteiger partial charge on any atom is 0.255 e. The Kier molecular flexibility index (Phi) is 8.29. The summed E-state index contributed by atoms with van der Waals surface area (Å²) in [5.74, 6) is -1.68. The molecule has 0 bridgehead atoms. The van der Waals surface area contributed by atoms with Crippen molar-refractivity contribution >= 4 is 41.0 Å². The molecule has 2 aromatic carbocycles. The number of nitrogens with one attached hydrogen (secondary N) is 4. The van der Waals surface area contributed by atoms with E-state index >= 15 is 0 Å². The number of likely N-dealkylation sites (N-methyl/N-ethyl adjacent to an activating group) is 2. The summed E-state index contributed by atoms with van der Waals surface area (Å²) < 4.78 is 0. The topological polar surface area (TPSA) is 168 Å². The highest BCUT2D eigenvalue weighted by atomic mass is 16.2. The summed E-state index contributed by atoms with van der Waals surface area (Å²) >= 11 is 0. The van der Waals surface area contributed by atoms with Gasteiger partial charge in [0.1, 0.15) is 0 Å². The van der Waals surface area contributed by atoms with Gasteiger partial charge < -0.3 is 27.0 Å². The fraction of sp³-hybridized carbons (Fsp3) is 0.200. The summed E-state index contributed by atoms with van der Waals surface area (Å²) in [6.45, 7) is 1.89. The molecule has 0 aliphatic rings. The van der Waals surface area contributed by atoms with Gasteiger partial charge in [-0.3, -0.25) is 19.2 Å². The summed E-state index contributed by atoms with van der Waals surface area (Å²) in [5.41, 5.74) is 8.27. The lowest BCUT2D eigenvalue weighted by atomic mass is 9.90. The summed E-state index contributed by atoms with van der Waals surface area (Å²) in [6.07, 6.45) is 2.77. The first-order valence-electron chi connectivity index (χ1n) is 11.0. The largest absolute Gasteiger partial charge is 0.366 e. The van der Waals surface area contributed by atoms with Crippen LogP contribution in [0.1, 0.15) is 37.4 Å². The number of benzene rings is 2. The quantitative estimate of drug-likeness (QED) is 0.303. The van der Waals surface area contributed by atoms with Gasteiger partial charge >= 0.3 is 0 Å². The zero-order valence-corrected chi connectivity index (χ0v) is 20.1. The van der Waals surface area contributed by atoms with Crippen LogP contribution < -0.4 is 27.0 Å². The van der Waals surface area contributed by atoms with E-state index in [1.54, 1.807) is 30.6 Å². The van der Waals surface area contributed by atoms with Crippen molar-refractivity contribution in [2.24, 2.45) is 5.73 Å². The van der Waals surface area contributed by atoms with E-state index in [2.05, 4.69) is 31.2 Å². The zero-order chi connectivity index (χ0) is 26.2. The molecule has 0 unspecified atom stereocenters. The molecule has 3 aromatic rings. The molecule has 1 aromatic heterocycles. The molecule has 0 saturated carbocycles. The van der Waals surface area contributed by atoms with E-state index in [-0.39, 0.29) is 35.1 Å². The highest BCUT2D eigenvalue weighted by Gasteiger charge is 2.23. The number of aromatic nitrogens is 2. The van der Waals surface area contributed by atoms with Crippen LogP contribution in [0, 0.1) is 6.92 Å². The lowest BCUT2D eigenvalue weighted by molar-refractivity contribution is -0.121. The van der Waals surface area contributed by atoms with Crippen LogP contribution in [-0.2, 0) is 22.4 Å². The molecule has 0 atom stereocenters. The summed E-state index contributed by atoms with van der Waals surface area (Å²) in [7, 11) is 2.90. The number of hydrogen-bond donors (Lipinski definition) is 5. The number of amides is 4. The average Bonchev–Trinajstić information content (AvgIpc) is 2.86. The Hall–Kier alpha value is -4.80. The van der Waals surface area contributed by atoms with Crippen LogP contribution in [0.15, 0.2) is 48.8 Å². The molecule has 4 amide bonds. The molecule has 6 N–H and O–H groups in total. The first-order chi connectivity index (χ1) is 17.2. The average molecular weight is 490 g/mol. The smallest absolute Gasteiger partial charge is 0.255 e. The Labute approximate surface area is 207 Å². The lowest BCUT2D eigenvalue weighted by Gasteiger charge is -2.17. The number of nitrogens with zero attached hydrogens (tertiary/aromatic N) is 2. The van der Waals surface area contributed by atoms with Crippen molar-refractivity contribution in [2.45, 2.75) is 19.8 Å². The Morgan fingerprint density at radius 1 is 0.861 bits per heavy atom. The second-order valence-corrected chi connectivity index (χ2v) is 7.86. The van der Waals surface area contributed by atoms with Crippen molar-refractivity contribution < 1.29 is 19.2 Å². The van der Waals surface area contributed by atoms with Crippen molar-refractivity contribution in [3.05, 3.63) is 76.6 Å². The highest BCUT2D eigenvalue weighted by Crippen LogP contribution is 2.26. The predicted molar refractivity (Wildman–Crippen MR) is 135 cm³/mol. The van der Waals surface area contributed by atoms with Crippen molar-refractivity contribution in [3.8, 4) is 0 Å². The first kappa shape index (κ1) is 25.8. The van der Waals surface area contributed by atoms with Gasteiger partial charge in [0.25, 0.3) is 5.91 Å². The molecule has 0 spiro atoms. The Balaban J connectivity index is 2.00. The molecule has 11 heteroatoms. The van der Waals surface area contributed by atoms with Gasteiger partial charge in [0, 0.05) is 49.0 Å². The summed E-state index contributed by atoms with van der Waals surface area (Å²) in [4.78, 5) is 58.2. The van der Waals surface area contributed by atoms with Crippen LogP contribution in [0.3, 0.4) is 0 Å². The number of hydrogen-bond acceptors (Lipinski definition) is 7. The number of anilines is 3. The Bertz CT molecular complexity index is 1310. The zero-order valence-electron chi connectivity index (χ0n) is 20.1. The Morgan fingerprint density at radius 2 is 1.44 bits per heavy atom. The highest BCUT2D eigenvalue weighted by molar-refractivity contribution is 6.08. The van der Waals surface area contributed by atoms with E-state index in [0.29, 0.717) is 17.3 Å². The van der Waals surface area contributed by atoms with E-state index in [4.69, 9.17) is 5.73 Å². The van der Waals surface area contributed by atoms with E-state index in [1.165, 1.54) is 26.2 Å². The predicted octanol–water partition coefficient (Wildman–Crippen LogP) is 1.46. The fourth-order valence-corrected chi connectivity index (χ4v) is 3.56. The van der Waals surface area contributed by atoms with E-state index in [0.717, 1.165) is 5.56 Å². The van der Waals surface area contributed by atoms with Gasteiger partial charge in [-0.25, -0.2) is 9.97 Å². The van der Waals surface area contributed by atoms with Crippen LogP contribution in [0.5, 0.6) is 0 Å². The van der Waals surface area contributed by atoms with Crippen molar-refractivity contribution in [1.82, 2.24) is 20.6 Å². The number of primary amides is 1. The summed E-state index contributed by atoms with van der Waals surface area (Å²) in [5, 5.41) is 10.9. The third-order valence-electron chi connectivity index (χ3n) is 5.48. The minimum Gasteiger partial charge on any atom is -0.366 e. The third kappa shape index (κ3) is 6.20. The first-order valence-corrected chi connectivity index (χ1v) is 11.0. The minimum absolute atomic E-state index is 0.0683. The van der Waals surface area contributed by atoms with E-state index in [9.17, 15) is 19.2 Å². The minimum atomic E-state index is -0.767. The van der Waals surface area contributed by atoms with Crippen molar-refractivity contribution in [2.75, 3.05) is 24.7 Å². The normalized spacial score (nSPS) is 10.3. The molecule has 0 aliphatic carbocycles. The maximum atomic E-state index is 13.3.